The number of hydrogen-bond donors (Lipinski definition) is 0. The van der Waals surface area contributed by atoms with Crippen molar-refractivity contribution in [3.05, 3.63) is 36.4 Å². The molecule has 20 heavy (non-hydrogen) atoms. The van der Waals surface area contributed by atoms with E-state index >= 15 is 0 Å². The van der Waals surface area contributed by atoms with E-state index in [1.165, 1.54) is 0 Å². The Labute approximate surface area is 118 Å². The zero-order chi connectivity index (χ0) is 11.5. The predicted octanol–water partition coefficient (Wildman–Crippen LogP) is 4.76. The van der Waals surface area contributed by atoms with Gasteiger partial charge in [-0.1, -0.05) is 64.1 Å². The van der Waals surface area contributed by atoms with Gasteiger partial charge in [-0.05, 0) is 11.8 Å². The van der Waals surface area contributed by atoms with Crippen LogP contribution in [0.25, 0.3) is 0 Å². The first-order chi connectivity index (χ1) is 7.13. The Bertz CT molecular complexity index is 185. The first kappa shape index (κ1) is 36.4. The second-order valence-electron chi connectivity index (χ2n) is 4.48. The molecule has 0 aliphatic heterocycles. The van der Waals surface area contributed by atoms with Crippen molar-refractivity contribution >= 4 is 0 Å². The first-order valence-corrected chi connectivity index (χ1v) is 5.70. The normalized spacial score (nSPS) is 7.50. The lowest BCUT2D eigenvalue weighted by molar-refractivity contribution is 0.0886. The highest BCUT2D eigenvalue weighted by atomic mass is 19.0. The highest BCUT2D eigenvalue weighted by Gasteiger charge is 1.95. The van der Waals surface area contributed by atoms with E-state index in [-0.39, 0.29) is 23.5 Å². The fourth-order valence-electron chi connectivity index (χ4n) is 0.924. The third kappa shape index (κ3) is 36.0. The quantitative estimate of drug-likeness (QED) is 0.728. The Morgan fingerprint density at radius 1 is 0.550 bits per heavy atom. The Morgan fingerprint density at radius 3 is 0.900 bits per heavy atom. The fourth-order valence-corrected chi connectivity index (χ4v) is 0.924. The SMILES string of the molecule is CC(C)COCC(C)C.F.F.F.F.F.c1ccccc1. The van der Waals surface area contributed by atoms with Gasteiger partial charge in [-0.2, -0.15) is 0 Å². The second-order valence-corrected chi connectivity index (χ2v) is 4.48. The van der Waals surface area contributed by atoms with Crippen LogP contribution in [0.2, 0.25) is 0 Å². The Morgan fingerprint density at radius 2 is 0.750 bits per heavy atom. The minimum Gasteiger partial charge on any atom is -0.381 e. The summed E-state index contributed by atoms with van der Waals surface area (Å²) in [5, 5.41) is 0. The molecule has 0 aliphatic rings. The summed E-state index contributed by atoms with van der Waals surface area (Å²) in [7, 11) is 0. The summed E-state index contributed by atoms with van der Waals surface area (Å²) < 4.78 is 5.36. The van der Waals surface area contributed by atoms with Crippen molar-refractivity contribution in [2.45, 2.75) is 27.7 Å². The molecule has 0 bridgehead atoms. The van der Waals surface area contributed by atoms with Crippen LogP contribution >= 0.6 is 0 Å². The standard InChI is InChI=1S/C8H18O.C6H6.5FH/c1-7(2)5-9-6-8(3)4;1-2-4-6-5-3-1;;;;;/h7-8H,5-6H2,1-4H3;1-6H;5*1H. The van der Waals surface area contributed by atoms with Crippen LogP contribution in [0.15, 0.2) is 36.4 Å². The van der Waals surface area contributed by atoms with Gasteiger partial charge in [0.1, 0.15) is 0 Å². The molecule has 6 heteroatoms. The number of rotatable bonds is 4. The molecule has 1 aromatic rings. The summed E-state index contributed by atoms with van der Waals surface area (Å²) in [6.45, 7) is 10.5. The van der Waals surface area contributed by atoms with Crippen LogP contribution in [0.3, 0.4) is 0 Å². The van der Waals surface area contributed by atoms with Gasteiger partial charge < -0.3 is 4.74 Å². The molecule has 1 aromatic carbocycles. The van der Waals surface area contributed by atoms with Gasteiger partial charge in [0.25, 0.3) is 0 Å². The molecule has 0 atom stereocenters. The molecule has 0 fully saturated rings. The van der Waals surface area contributed by atoms with E-state index in [4.69, 9.17) is 4.74 Å². The molecule has 126 valence electrons. The molecule has 0 heterocycles. The van der Waals surface area contributed by atoms with Crippen LogP contribution in [0.1, 0.15) is 27.7 Å². The monoisotopic (exact) mass is 308 g/mol. The van der Waals surface area contributed by atoms with Crippen molar-refractivity contribution in [3.63, 3.8) is 0 Å². The van der Waals surface area contributed by atoms with Crippen LogP contribution < -0.4 is 0 Å². The molecule has 1 nitrogen and oxygen atoms in total. The molecule has 0 radical (unpaired) electrons. The van der Waals surface area contributed by atoms with Crippen molar-refractivity contribution < 1.29 is 28.3 Å². The van der Waals surface area contributed by atoms with E-state index in [9.17, 15) is 0 Å². The minimum atomic E-state index is 0. The summed E-state index contributed by atoms with van der Waals surface area (Å²) in [6, 6.07) is 12.0. The molecular weight excluding hydrogens is 279 g/mol. The maximum absolute atomic E-state index is 5.36. The van der Waals surface area contributed by atoms with Gasteiger partial charge >= 0.3 is 0 Å². The predicted molar refractivity (Wildman–Crippen MR) is 79.5 cm³/mol. The third-order valence-electron chi connectivity index (χ3n) is 1.57. The van der Waals surface area contributed by atoms with Gasteiger partial charge in [-0.25, -0.2) is 0 Å². The molecule has 0 spiro atoms. The lowest BCUT2D eigenvalue weighted by Gasteiger charge is -2.07. The van der Waals surface area contributed by atoms with Crippen LogP contribution in [0.5, 0.6) is 0 Å². The number of halogens is 5. The molecule has 0 unspecified atom stereocenters. The molecule has 0 aromatic heterocycles. The summed E-state index contributed by atoms with van der Waals surface area (Å²) in [5.74, 6) is 1.34. The average Bonchev–Trinajstić information content (AvgIpc) is 2.20. The van der Waals surface area contributed by atoms with Crippen molar-refractivity contribution in [2.75, 3.05) is 13.2 Å². The van der Waals surface area contributed by atoms with Gasteiger partial charge in [-0.15, -0.1) is 0 Å². The molecule has 0 aliphatic carbocycles. The zero-order valence-corrected chi connectivity index (χ0v) is 12.5. The summed E-state index contributed by atoms with van der Waals surface area (Å²) in [4.78, 5) is 0. The van der Waals surface area contributed by atoms with E-state index in [2.05, 4.69) is 27.7 Å². The lowest BCUT2D eigenvalue weighted by atomic mass is 10.2. The smallest absolute Gasteiger partial charge is 0.0489 e. The van der Waals surface area contributed by atoms with Crippen molar-refractivity contribution in [1.82, 2.24) is 0 Å². The Balaban J connectivity index is -0.0000000405. The Hall–Kier alpha value is -1.17. The van der Waals surface area contributed by atoms with E-state index in [0.717, 1.165) is 13.2 Å². The van der Waals surface area contributed by atoms with Gasteiger partial charge in [0.15, 0.2) is 0 Å². The van der Waals surface area contributed by atoms with Crippen LogP contribution in [-0.4, -0.2) is 13.2 Å². The Kier molecular flexibility index (Phi) is 48.0. The molecule has 0 saturated heterocycles. The summed E-state index contributed by atoms with van der Waals surface area (Å²) >= 11 is 0. The van der Waals surface area contributed by atoms with Crippen LogP contribution in [-0.2, 0) is 4.74 Å². The van der Waals surface area contributed by atoms with Gasteiger partial charge in [-0.3, -0.25) is 23.5 Å². The van der Waals surface area contributed by atoms with E-state index in [1.54, 1.807) is 0 Å². The molecule has 1 rings (SSSR count). The lowest BCUT2D eigenvalue weighted by Crippen LogP contribution is -2.06. The van der Waals surface area contributed by atoms with Crippen molar-refractivity contribution in [3.8, 4) is 0 Å². The topological polar surface area (TPSA) is 9.23 Å². The van der Waals surface area contributed by atoms with Crippen molar-refractivity contribution in [1.29, 1.82) is 0 Å². The minimum absolute atomic E-state index is 0. The first-order valence-electron chi connectivity index (χ1n) is 5.70. The van der Waals surface area contributed by atoms with Gasteiger partial charge in [0.2, 0.25) is 0 Å². The fraction of sp³-hybridized carbons (Fsp3) is 0.571. The third-order valence-corrected chi connectivity index (χ3v) is 1.57. The average molecular weight is 308 g/mol. The largest absolute Gasteiger partial charge is 0.381 e. The van der Waals surface area contributed by atoms with Gasteiger partial charge in [0, 0.05) is 13.2 Å². The number of benzene rings is 1. The molecule has 0 amide bonds. The maximum Gasteiger partial charge on any atom is 0.0489 e. The molecule has 0 saturated carbocycles. The van der Waals surface area contributed by atoms with E-state index in [0.29, 0.717) is 11.8 Å². The molecular formula is C14H29F5O. The van der Waals surface area contributed by atoms with E-state index < -0.39 is 0 Å². The number of ether oxygens (including phenoxy) is 1. The van der Waals surface area contributed by atoms with Crippen LogP contribution in [0.4, 0.5) is 23.5 Å². The van der Waals surface area contributed by atoms with Crippen LogP contribution in [0, 0.1) is 11.8 Å². The zero-order valence-electron chi connectivity index (χ0n) is 12.5. The molecule has 0 N–H and O–H groups in total. The number of hydrogen-bond acceptors (Lipinski definition) is 1. The summed E-state index contributed by atoms with van der Waals surface area (Å²) in [6.07, 6.45) is 0. The summed E-state index contributed by atoms with van der Waals surface area (Å²) in [5.41, 5.74) is 0. The highest BCUT2D eigenvalue weighted by Crippen LogP contribution is 1.96. The van der Waals surface area contributed by atoms with Crippen molar-refractivity contribution in [2.24, 2.45) is 11.8 Å². The second kappa shape index (κ2) is 26.4. The highest BCUT2D eigenvalue weighted by molar-refractivity contribution is 4.99. The van der Waals surface area contributed by atoms with Gasteiger partial charge in [0.05, 0.1) is 0 Å². The van der Waals surface area contributed by atoms with E-state index in [1.807, 2.05) is 36.4 Å². The maximum atomic E-state index is 5.36.